The molecule has 4 aromatic carbocycles. The topological polar surface area (TPSA) is 3.24 Å². The lowest BCUT2D eigenvalue weighted by atomic mass is 9.74. The van der Waals surface area contributed by atoms with Crippen LogP contribution in [0.4, 0.5) is 5.69 Å². The number of hydrogen-bond donors (Lipinski definition) is 0. The van der Waals surface area contributed by atoms with Gasteiger partial charge in [0, 0.05) is 39.4 Å². The van der Waals surface area contributed by atoms with E-state index in [9.17, 15) is 0 Å². The van der Waals surface area contributed by atoms with E-state index in [-0.39, 0.29) is 10.8 Å². The van der Waals surface area contributed by atoms with E-state index in [1.54, 1.807) is 0 Å². The zero-order valence-electron chi connectivity index (χ0n) is 29.8. The average molecular weight is 650 g/mol. The van der Waals surface area contributed by atoms with Crippen LogP contribution in [0.25, 0.3) is 21.5 Å². The van der Waals surface area contributed by atoms with Gasteiger partial charge in [0.25, 0.3) is 0 Å². The van der Waals surface area contributed by atoms with Gasteiger partial charge in [0.15, 0.2) is 0 Å². The number of thioether (sulfide) groups is 1. The van der Waals surface area contributed by atoms with Gasteiger partial charge in [-0.1, -0.05) is 132 Å². The van der Waals surface area contributed by atoms with Gasteiger partial charge < -0.3 is 4.90 Å². The summed E-state index contributed by atoms with van der Waals surface area (Å²) in [4.78, 5) is 3.95. The molecule has 0 N–H and O–H groups in total. The molecule has 1 aliphatic heterocycles. The van der Waals surface area contributed by atoms with Crippen LogP contribution in [0.5, 0.6) is 0 Å². The molecule has 2 heteroatoms. The smallest absolute Gasteiger partial charge is 0.0454 e. The number of fused-ring (bicyclic) bond motifs is 4. The Hall–Kier alpha value is -3.75. The van der Waals surface area contributed by atoms with Gasteiger partial charge in [-0.2, -0.15) is 0 Å². The largest absolute Gasteiger partial charge is 0.347 e. The van der Waals surface area contributed by atoms with Crippen molar-refractivity contribution in [2.24, 2.45) is 0 Å². The van der Waals surface area contributed by atoms with Gasteiger partial charge in [-0.25, -0.2) is 0 Å². The minimum Gasteiger partial charge on any atom is -0.347 e. The lowest BCUT2D eigenvalue weighted by molar-refractivity contribution is 0.643. The number of rotatable bonds is 7. The third-order valence-electron chi connectivity index (χ3n) is 11.5. The molecular formula is C46H51NS. The van der Waals surface area contributed by atoms with E-state index in [0.29, 0.717) is 0 Å². The molecule has 0 bridgehead atoms. The number of aryl methyl sites for hydroxylation is 1. The molecule has 1 nitrogen and oxygen atoms in total. The van der Waals surface area contributed by atoms with Gasteiger partial charge in [-0.05, 0) is 106 Å². The monoisotopic (exact) mass is 649 g/mol. The number of nitrogens with zero attached hydrogens (tertiary/aromatic N) is 1. The molecule has 2 aliphatic carbocycles. The molecule has 1 fully saturated rings. The Morgan fingerprint density at radius 2 is 1.52 bits per heavy atom. The highest BCUT2D eigenvalue weighted by atomic mass is 32.2. The highest BCUT2D eigenvalue weighted by molar-refractivity contribution is 8.03. The van der Waals surface area contributed by atoms with Crippen LogP contribution in [-0.2, 0) is 10.8 Å². The normalized spacial score (nSPS) is 20.2. The van der Waals surface area contributed by atoms with Crippen molar-refractivity contribution < 1.29 is 0 Å². The zero-order valence-corrected chi connectivity index (χ0v) is 30.6. The molecule has 0 unspecified atom stereocenters. The highest BCUT2D eigenvalue weighted by Crippen LogP contribution is 2.51. The summed E-state index contributed by atoms with van der Waals surface area (Å²) in [6.07, 6.45) is 18.5. The van der Waals surface area contributed by atoms with Crippen LogP contribution in [-0.4, -0.2) is 12.3 Å². The first-order chi connectivity index (χ1) is 23.1. The van der Waals surface area contributed by atoms with Crippen LogP contribution >= 0.6 is 11.8 Å². The molecular weight excluding hydrogens is 599 g/mol. The number of likely N-dealkylation sites (N-methyl/N-ethyl adjacent to an activating group) is 1. The van der Waals surface area contributed by atoms with Crippen LogP contribution < -0.4 is 4.90 Å². The molecule has 0 amide bonds. The second kappa shape index (κ2) is 12.9. The quantitative estimate of drug-likeness (QED) is 0.183. The third-order valence-corrected chi connectivity index (χ3v) is 13.0. The van der Waals surface area contributed by atoms with E-state index in [2.05, 4.69) is 155 Å². The summed E-state index contributed by atoms with van der Waals surface area (Å²) in [7, 11) is 2.25. The van der Waals surface area contributed by atoms with E-state index >= 15 is 0 Å². The Morgan fingerprint density at radius 3 is 2.27 bits per heavy atom. The lowest BCUT2D eigenvalue weighted by Crippen LogP contribution is -2.22. The van der Waals surface area contributed by atoms with E-state index < -0.39 is 0 Å². The van der Waals surface area contributed by atoms with Crippen molar-refractivity contribution in [3.8, 4) is 0 Å². The third kappa shape index (κ3) is 5.81. The molecule has 7 rings (SSSR count). The number of hydrogen-bond acceptors (Lipinski definition) is 2. The molecule has 3 aliphatic rings. The van der Waals surface area contributed by atoms with Crippen molar-refractivity contribution in [3.05, 3.63) is 148 Å². The summed E-state index contributed by atoms with van der Waals surface area (Å²) >= 11 is 2.16. The molecule has 0 aromatic heterocycles. The number of allylic oxidation sites excluding steroid dienone is 8. The van der Waals surface area contributed by atoms with Crippen LogP contribution in [0.15, 0.2) is 131 Å². The van der Waals surface area contributed by atoms with Gasteiger partial charge >= 0.3 is 0 Å². The molecule has 0 radical (unpaired) electrons. The summed E-state index contributed by atoms with van der Waals surface area (Å²) in [5, 5.41) is 6.03. The summed E-state index contributed by atoms with van der Waals surface area (Å²) < 4.78 is 0. The Morgan fingerprint density at radius 1 is 0.854 bits per heavy atom. The second-order valence-electron chi connectivity index (χ2n) is 15.3. The Labute approximate surface area is 293 Å². The highest BCUT2D eigenvalue weighted by Gasteiger charge is 2.39. The molecule has 4 aromatic rings. The van der Waals surface area contributed by atoms with Crippen molar-refractivity contribution in [3.63, 3.8) is 0 Å². The van der Waals surface area contributed by atoms with Crippen molar-refractivity contribution in [1.82, 2.24) is 0 Å². The maximum absolute atomic E-state index is 4.69. The van der Waals surface area contributed by atoms with Gasteiger partial charge in [0.1, 0.15) is 0 Å². The van der Waals surface area contributed by atoms with Crippen LogP contribution in [0, 0.1) is 6.92 Å². The first kappa shape index (κ1) is 32.8. The Balaban J connectivity index is 1.25. The summed E-state index contributed by atoms with van der Waals surface area (Å²) in [6.45, 7) is 16.4. The predicted molar refractivity (Wildman–Crippen MR) is 212 cm³/mol. The molecule has 0 saturated heterocycles. The van der Waals surface area contributed by atoms with Gasteiger partial charge in [0.2, 0.25) is 0 Å². The average Bonchev–Trinajstić information content (AvgIpc) is 3.66. The minimum atomic E-state index is -0.184. The lowest BCUT2D eigenvalue weighted by Gasteiger charge is -2.30. The summed E-state index contributed by atoms with van der Waals surface area (Å²) in [5.41, 5.74) is 10.8. The molecule has 1 heterocycles. The maximum atomic E-state index is 4.69. The summed E-state index contributed by atoms with van der Waals surface area (Å²) in [6, 6.07) is 26.7. The van der Waals surface area contributed by atoms with Crippen molar-refractivity contribution in [1.29, 1.82) is 0 Å². The fraction of sp³-hybridized carbons (Fsp3) is 0.348. The first-order valence-corrected chi connectivity index (χ1v) is 18.9. The van der Waals surface area contributed by atoms with Crippen molar-refractivity contribution in [2.75, 3.05) is 11.9 Å². The van der Waals surface area contributed by atoms with E-state index in [4.69, 9.17) is 6.58 Å². The molecule has 48 heavy (non-hydrogen) atoms. The summed E-state index contributed by atoms with van der Waals surface area (Å²) in [5.74, 6) is 0. The van der Waals surface area contributed by atoms with Crippen molar-refractivity contribution >= 4 is 39.0 Å². The van der Waals surface area contributed by atoms with Gasteiger partial charge in [0.05, 0.1) is 0 Å². The first-order valence-electron chi connectivity index (χ1n) is 18.0. The fourth-order valence-electron chi connectivity index (χ4n) is 8.70. The maximum Gasteiger partial charge on any atom is 0.0454 e. The van der Waals surface area contributed by atoms with Crippen LogP contribution in [0.1, 0.15) is 89.3 Å². The van der Waals surface area contributed by atoms with E-state index in [0.717, 1.165) is 23.7 Å². The SMILES string of the molecule is C=C(/C=C/C1=C(SC2CCCC2)C(=C/C=C2/N(C)c3ccc4ccccc4c3C2(C)C)/CCC1)C(C)(C)c1c(C)ccc2ccccc12. The second-order valence-corrected chi connectivity index (χ2v) is 16.6. The van der Waals surface area contributed by atoms with Crippen LogP contribution in [0.3, 0.4) is 0 Å². The van der Waals surface area contributed by atoms with Gasteiger partial charge in [-0.15, -0.1) is 11.8 Å². The van der Waals surface area contributed by atoms with E-state index in [1.807, 2.05) is 0 Å². The minimum absolute atomic E-state index is 0.0784. The number of benzene rings is 4. The number of anilines is 1. The van der Waals surface area contributed by atoms with Gasteiger partial charge in [-0.3, -0.25) is 0 Å². The van der Waals surface area contributed by atoms with Crippen molar-refractivity contribution in [2.45, 2.75) is 95.6 Å². The fourth-order valence-corrected chi connectivity index (χ4v) is 10.2. The zero-order chi connectivity index (χ0) is 33.6. The van der Waals surface area contributed by atoms with Crippen LogP contribution in [0.2, 0.25) is 0 Å². The molecule has 0 atom stereocenters. The van der Waals surface area contributed by atoms with E-state index in [1.165, 1.54) is 97.8 Å². The Kier molecular flexibility index (Phi) is 8.84. The Bertz CT molecular complexity index is 2020. The molecule has 0 spiro atoms. The predicted octanol–water partition coefficient (Wildman–Crippen LogP) is 13.0. The standard InChI is InChI=1S/C46H51NS/c1-31-23-25-33-15-8-12-21-38(33)42(31)45(3,4)32(2)24-26-35-17-14-18-36(44(35)48-37-19-10-11-20-37)28-30-41-46(5,6)43-39-22-13-9-16-34(39)27-29-40(43)47(41)7/h8-9,12-13,15-16,21-30,37H,2,10-11,14,17-20H2,1,3-7H3/b26-24+,36-28+,41-30+. The molecule has 1 saturated carbocycles. The molecule has 246 valence electrons.